The second kappa shape index (κ2) is 21.1. The van der Waals surface area contributed by atoms with Crippen LogP contribution < -0.4 is 26.0 Å². The molecule has 10 atom stereocenters. The van der Waals surface area contributed by atoms with Gasteiger partial charge in [0.25, 0.3) is 0 Å². The number of benzene rings is 2. The molecule has 1 aromatic heterocycles. The number of rotatable bonds is 17. The zero-order chi connectivity index (χ0) is 49.1. The highest BCUT2D eigenvalue weighted by Crippen LogP contribution is 2.65. The Morgan fingerprint density at radius 3 is 2.39 bits per heavy atom. The van der Waals surface area contributed by atoms with Crippen molar-refractivity contribution >= 4 is 46.6 Å². The maximum Gasteiger partial charge on any atom is 0.246 e. The fraction of sp³-hybridized carbons (Fsp3) is 0.585. The molecule has 69 heavy (non-hydrogen) atoms. The first-order valence-electron chi connectivity index (χ1n) is 24.7. The Hall–Kier alpha value is -5.16. The van der Waals surface area contributed by atoms with E-state index in [-0.39, 0.29) is 79.8 Å². The first-order valence-corrected chi connectivity index (χ1v) is 25.6. The first kappa shape index (κ1) is 50.2. The highest BCUT2D eigenvalue weighted by Gasteiger charge is 2.61. The summed E-state index contributed by atoms with van der Waals surface area (Å²) in [7, 11) is 0. The summed E-state index contributed by atoms with van der Waals surface area (Å²) >= 11 is 1.57. The van der Waals surface area contributed by atoms with Gasteiger partial charge in [-0.15, -0.1) is 11.3 Å². The van der Waals surface area contributed by atoms with Gasteiger partial charge in [0.15, 0.2) is 0 Å². The monoisotopic (exact) mass is 966 g/mol. The van der Waals surface area contributed by atoms with E-state index in [1.54, 1.807) is 17.4 Å². The number of likely N-dealkylation sites (tertiary alicyclic amines) is 1. The minimum Gasteiger partial charge on any atom is -0.491 e. The van der Waals surface area contributed by atoms with E-state index in [1.807, 2.05) is 81.7 Å². The topological polar surface area (TPSA) is 198 Å². The number of hydrogen-bond acceptors (Lipinski definition) is 11. The van der Waals surface area contributed by atoms with Gasteiger partial charge in [-0.2, -0.15) is 0 Å². The van der Waals surface area contributed by atoms with E-state index in [0.717, 1.165) is 65.9 Å². The quantitative estimate of drug-likeness (QED) is 0.0974. The van der Waals surface area contributed by atoms with Crippen LogP contribution in [0.1, 0.15) is 90.8 Å². The molecule has 0 bridgehead atoms. The largest absolute Gasteiger partial charge is 0.491 e. The molecule has 2 aromatic carbocycles. The standard InChI is InChI=1S/C53H70N6O9S/c1-32-46(69-31-55-32)34-9-7-33(8-10-34)28-54-49(64)42-27-36(60)29-59(42)50(65)47(51(2,3)4)58-45(62)30-67-24-23-66-25-26-68-37-13-11-35(12-14-37)56-48(63)41-17-16-39-38-15-18-43-53(6,22-20-44(61)57-43)40(38)19-21-52(39,41)5/h7-14,20,22,31,36,38-43,47,60H,15-19,21,23-30H2,1-6H3,(H,54,64)(H,56,63)(H,57,61)(H,58,62)/t36-,38+,39+,40+,41-,42+,43-,47-,52+,53-/m1/s1. The van der Waals surface area contributed by atoms with E-state index in [4.69, 9.17) is 14.2 Å². The molecular formula is C53H70N6O9S. The zero-order valence-electron chi connectivity index (χ0n) is 40.9. The number of fused-ring (bicyclic) bond motifs is 5. The molecule has 3 aliphatic carbocycles. The van der Waals surface area contributed by atoms with Crippen molar-refractivity contribution in [2.24, 2.45) is 39.9 Å². The van der Waals surface area contributed by atoms with Gasteiger partial charge in [0, 0.05) is 42.6 Å². The molecule has 5 aliphatic rings. The van der Waals surface area contributed by atoms with Crippen LogP contribution >= 0.6 is 11.3 Å². The number of carbonyl (C=O) groups is 5. The molecule has 3 heterocycles. The summed E-state index contributed by atoms with van der Waals surface area (Å²) in [4.78, 5) is 73.2. The third-order valence-corrected chi connectivity index (χ3v) is 16.9. The first-order chi connectivity index (χ1) is 32.9. The van der Waals surface area contributed by atoms with Crippen molar-refractivity contribution in [2.75, 3.05) is 44.9 Å². The summed E-state index contributed by atoms with van der Waals surface area (Å²) in [6.07, 6.45) is 9.24. The van der Waals surface area contributed by atoms with Crippen LogP contribution in [0.15, 0.2) is 66.2 Å². The number of aromatic nitrogens is 1. The van der Waals surface area contributed by atoms with Gasteiger partial charge in [0.05, 0.1) is 42.0 Å². The summed E-state index contributed by atoms with van der Waals surface area (Å²) in [5.74, 6) is 0.978. The van der Waals surface area contributed by atoms with Gasteiger partial charge in [0.1, 0.15) is 31.0 Å². The van der Waals surface area contributed by atoms with Gasteiger partial charge in [0.2, 0.25) is 29.5 Å². The van der Waals surface area contributed by atoms with Crippen molar-refractivity contribution in [3.05, 3.63) is 77.5 Å². The highest BCUT2D eigenvalue weighted by atomic mass is 32.1. The molecule has 2 aliphatic heterocycles. The van der Waals surface area contributed by atoms with E-state index in [2.05, 4.69) is 46.2 Å². The molecule has 4 fully saturated rings. The molecule has 0 radical (unpaired) electrons. The molecule has 5 amide bonds. The average molecular weight is 967 g/mol. The second-order valence-electron chi connectivity index (χ2n) is 21.4. The van der Waals surface area contributed by atoms with Crippen molar-refractivity contribution < 1.29 is 43.3 Å². The molecule has 1 saturated heterocycles. The number of anilines is 1. The van der Waals surface area contributed by atoms with E-state index >= 15 is 0 Å². The second-order valence-corrected chi connectivity index (χ2v) is 22.2. The van der Waals surface area contributed by atoms with Crippen LogP contribution in [-0.2, 0) is 40.0 Å². The van der Waals surface area contributed by atoms with Crippen molar-refractivity contribution in [3.63, 3.8) is 0 Å². The minimum atomic E-state index is -0.971. The Morgan fingerprint density at radius 1 is 0.928 bits per heavy atom. The van der Waals surface area contributed by atoms with Crippen LogP contribution in [-0.4, -0.2) is 108 Å². The molecule has 3 aromatic rings. The maximum absolute atomic E-state index is 14.0. The minimum absolute atomic E-state index is 0.0184. The van der Waals surface area contributed by atoms with Gasteiger partial charge in [-0.1, -0.05) is 65.0 Å². The molecule has 0 unspecified atom stereocenters. The maximum atomic E-state index is 14.0. The van der Waals surface area contributed by atoms with Crippen LogP contribution in [0, 0.1) is 46.8 Å². The summed E-state index contributed by atoms with van der Waals surface area (Å²) in [6.45, 7) is 13.0. The molecule has 0 spiro atoms. The van der Waals surface area contributed by atoms with E-state index < -0.39 is 35.4 Å². The fourth-order valence-electron chi connectivity index (χ4n) is 12.2. The molecule has 3 saturated carbocycles. The van der Waals surface area contributed by atoms with Crippen LogP contribution in [0.25, 0.3) is 10.4 Å². The SMILES string of the molecule is Cc1ncsc1-c1ccc(CNC(=O)[C@@H]2C[C@@H](O)CN2C(=O)[C@@H](NC(=O)COCCOCCOc2ccc(NC(=O)[C@H]3CC[C@H]4[C@@H]5CC[C@H]6NC(=O)C=C[C@]6(C)[C@H]5CC[C@]34C)cc2)C(C)(C)C)cc1. The Bertz CT molecular complexity index is 2370. The number of ether oxygens (including phenoxy) is 3. The van der Waals surface area contributed by atoms with Gasteiger partial charge >= 0.3 is 0 Å². The predicted molar refractivity (Wildman–Crippen MR) is 263 cm³/mol. The summed E-state index contributed by atoms with van der Waals surface area (Å²) in [5, 5.41) is 22.7. The Morgan fingerprint density at radius 2 is 1.67 bits per heavy atom. The summed E-state index contributed by atoms with van der Waals surface area (Å²) in [6, 6.07) is 13.6. The Kier molecular flexibility index (Phi) is 15.3. The summed E-state index contributed by atoms with van der Waals surface area (Å²) < 4.78 is 17.1. The van der Waals surface area contributed by atoms with Crippen LogP contribution in [0.5, 0.6) is 5.75 Å². The van der Waals surface area contributed by atoms with Gasteiger partial charge in [-0.3, -0.25) is 24.0 Å². The molecule has 8 rings (SSSR count). The average Bonchev–Trinajstić information content (AvgIpc) is 4.04. The molecule has 5 N–H and O–H groups in total. The number of aryl methyl sites for hydroxylation is 1. The summed E-state index contributed by atoms with van der Waals surface area (Å²) in [5.41, 5.74) is 4.68. The number of nitrogens with zero attached hydrogens (tertiary/aromatic N) is 2. The lowest BCUT2D eigenvalue weighted by Gasteiger charge is -2.58. The van der Waals surface area contributed by atoms with Crippen molar-refractivity contribution in [3.8, 4) is 16.2 Å². The fourth-order valence-corrected chi connectivity index (χ4v) is 13.0. The Labute approximate surface area is 409 Å². The van der Waals surface area contributed by atoms with Crippen molar-refractivity contribution in [2.45, 2.75) is 117 Å². The number of thiazole rings is 1. The van der Waals surface area contributed by atoms with Crippen LogP contribution in [0.3, 0.4) is 0 Å². The third-order valence-electron chi connectivity index (χ3n) is 15.9. The van der Waals surface area contributed by atoms with Crippen molar-refractivity contribution in [1.82, 2.24) is 25.8 Å². The number of aliphatic hydroxyl groups is 1. The van der Waals surface area contributed by atoms with E-state index in [9.17, 15) is 29.1 Å². The number of carbonyl (C=O) groups excluding carboxylic acids is 5. The van der Waals surface area contributed by atoms with E-state index in [1.165, 1.54) is 4.90 Å². The molecule has 16 heteroatoms. The lowest BCUT2D eigenvalue weighted by Crippen LogP contribution is -2.59. The molecular weight excluding hydrogens is 897 g/mol. The highest BCUT2D eigenvalue weighted by molar-refractivity contribution is 7.13. The van der Waals surface area contributed by atoms with E-state index in [0.29, 0.717) is 36.7 Å². The Balaban J connectivity index is 0.719. The lowest BCUT2D eigenvalue weighted by molar-refractivity contribution is -0.144. The van der Waals surface area contributed by atoms with Crippen LogP contribution in [0.4, 0.5) is 5.69 Å². The predicted octanol–water partition coefficient (Wildman–Crippen LogP) is 6.19. The van der Waals surface area contributed by atoms with Gasteiger partial charge in [-0.05, 0) is 116 Å². The number of hydrogen-bond donors (Lipinski definition) is 5. The van der Waals surface area contributed by atoms with Crippen molar-refractivity contribution in [1.29, 1.82) is 0 Å². The van der Waals surface area contributed by atoms with Gasteiger partial charge in [-0.25, -0.2) is 4.98 Å². The number of amides is 5. The smallest absolute Gasteiger partial charge is 0.246 e. The number of β-amino-alcohol motifs (C(OH)–C–C–N with tert-alkyl or cyclic N) is 1. The molecule has 372 valence electrons. The van der Waals surface area contributed by atoms with Crippen LogP contribution in [0.2, 0.25) is 0 Å². The normalized spacial score (nSPS) is 28.7. The molecule has 15 nitrogen and oxygen atoms in total. The lowest BCUT2D eigenvalue weighted by atomic mass is 9.48. The number of aliphatic hydroxyl groups excluding tert-OH is 1. The number of nitrogens with one attached hydrogen (secondary N) is 4. The third kappa shape index (κ3) is 11.1. The van der Waals surface area contributed by atoms with Gasteiger partial charge < -0.3 is 45.5 Å². The zero-order valence-corrected chi connectivity index (χ0v) is 41.7.